The van der Waals surface area contributed by atoms with Crippen molar-refractivity contribution in [3.63, 3.8) is 0 Å². The van der Waals surface area contributed by atoms with E-state index in [0.717, 1.165) is 45.8 Å². The van der Waals surface area contributed by atoms with Gasteiger partial charge in [-0.3, -0.25) is 9.80 Å². The maximum atomic E-state index is 11.6. The van der Waals surface area contributed by atoms with Crippen LogP contribution in [0, 0.1) is 0 Å². The summed E-state index contributed by atoms with van der Waals surface area (Å²) in [6.07, 6.45) is 2.55. The molecule has 2 heterocycles. The molecule has 29 heavy (non-hydrogen) atoms. The van der Waals surface area contributed by atoms with Gasteiger partial charge in [-0.1, -0.05) is 30.3 Å². The first-order valence-electron chi connectivity index (χ1n) is 10.7. The molecule has 1 atom stereocenters. The van der Waals surface area contributed by atoms with Crippen LogP contribution >= 0.6 is 0 Å². The molecular weight excluding hydrogens is 362 g/mol. The van der Waals surface area contributed by atoms with Crippen molar-refractivity contribution in [2.75, 3.05) is 51.3 Å². The molecule has 4 rings (SSSR count). The van der Waals surface area contributed by atoms with E-state index in [0.29, 0.717) is 11.6 Å². The summed E-state index contributed by atoms with van der Waals surface area (Å²) >= 11 is 0. The number of anilines is 1. The van der Waals surface area contributed by atoms with Gasteiger partial charge < -0.3 is 9.64 Å². The summed E-state index contributed by atoms with van der Waals surface area (Å²) < 4.78 is 4.78. The van der Waals surface area contributed by atoms with E-state index in [9.17, 15) is 4.79 Å². The molecular formula is C24H31N3O2. The number of methoxy groups -OCH3 is 1. The monoisotopic (exact) mass is 393 g/mol. The van der Waals surface area contributed by atoms with Gasteiger partial charge in [0, 0.05) is 51.0 Å². The number of hydrogen-bond donors (Lipinski definition) is 0. The third-order valence-corrected chi connectivity index (χ3v) is 6.21. The molecule has 5 heteroatoms. The minimum atomic E-state index is -0.274. The largest absolute Gasteiger partial charge is 0.465 e. The summed E-state index contributed by atoms with van der Waals surface area (Å²) in [6, 6.07) is 19.2. The van der Waals surface area contributed by atoms with Gasteiger partial charge >= 0.3 is 5.97 Å². The quantitative estimate of drug-likeness (QED) is 0.729. The minimum absolute atomic E-state index is 0.274. The molecule has 0 N–H and O–H groups in total. The van der Waals surface area contributed by atoms with Crippen molar-refractivity contribution < 1.29 is 9.53 Å². The Bertz CT molecular complexity index is 786. The van der Waals surface area contributed by atoms with Gasteiger partial charge in [-0.05, 0) is 49.2 Å². The lowest BCUT2D eigenvalue weighted by Gasteiger charge is -2.44. The molecule has 0 amide bonds. The zero-order valence-electron chi connectivity index (χ0n) is 17.3. The molecule has 2 aliphatic rings. The van der Waals surface area contributed by atoms with Gasteiger partial charge in [0.25, 0.3) is 0 Å². The van der Waals surface area contributed by atoms with E-state index in [4.69, 9.17) is 4.74 Å². The fourth-order valence-corrected chi connectivity index (χ4v) is 4.58. The molecule has 2 saturated heterocycles. The predicted molar refractivity (Wildman–Crippen MR) is 116 cm³/mol. The van der Waals surface area contributed by atoms with Crippen molar-refractivity contribution in [2.45, 2.75) is 25.4 Å². The Morgan fingerprint density at radius 1 is 0.966 bits per heavy atom. The Morgan fingerprint density at radius 3 is 2.38 bits per heavy atom. The second-order valence-corrected chi connectivity index (χ2v) is 8.08. The number of esters is 1. The van der Waals surface area contributed by atoms with Crippen LogP contribution in [0.25, 0.3) is 0 Å². The summed E-state index contributed by atoms with van der Waals surface area (Å²) in [7, 11) is 1.42. The fourth-order valence-electron chi connectivity index (χ4n) is 4.58. The Morgan fingerprint density at radius 2 is 1.69 bits per heavy atom. The minimum Gasteiger partial charge on any atom is -0.465 e. The van der Waals surface area contributed by atoms with Crippen LogP contribution in [-0.2, 0) is 11.3 Å². The van der Waals surface area contributed by atoms with Crippen molar-refractivity contribution in [1.29, 1.82) is 0 Å². The molecule has 5 nitrogen and oxygen atoms in total. The van der Waals surface area contributed by atoms with Crippen molar-refractivity contribution in [3.8, 4) is 0 Å². The highest BCUT2D eigenvalue weighted by molar-refractivity contribution is 5.89. The van der Waals surface area contributed by atoms with Crippen LogP contribution in [0.15, 0.2) is 54.6 Å². The van der Waals surface area contributed by atoms with E-state index in [1.54, 1.807) is 0 Å². The number of nitrogens with zero attached hydrogens (tertiary/aromatic N) is 3. The number of ether oxygens (including phenoxy) is 1. The van der Waals surface area contributed by atoms with Crippen molar-refractivity contribution in [2.24, 2.45) is 0 Å². The van der Waals surface area contributed by atoms with Gasteiger partial charge in [-0.2, -0.15) is 0 Å². The van der Waals surface area contributed by atoms with Crippen molar-refractivity contribution >= 4 is 11.7 Å². The van der Waals surface area contributed by atoms with Gasteiger partial charge in [0.05, 0.1) is 12.7 Å². The highest BCUT2D eigenvalue weighted by Gasteiger charge is 2.28. The lowest BCUT2D eigenvalue weighted by Crippen LogP contribution is -2.55. The van der Waals surface area contributed by atoms with Crippen LogP contribution in [0.1, 0.15) is 28.8 Å². The predicted octanol–water partition coefficient (Wildman–Crippen LogP) is 3.26. The normalized spacial score (nSPS) is 21.1. The molecule has 2 aromatic carbocycles. The topological polar surface area (TPSA) is 36.0 Å². The summed E-state index contributed by atoms with van der Waals surface area (Å²) in [6.45, 7) is 7.72. The molecule has 0 spiro atoms. The number of rotatable bonds is 5. The van der Waals surface area contributed by atoms with E-state index in [1.165, 1.54) is 31.2 Å². The lowest BCUT2D eigenvalue weighted by atomic mass is 10.0. The molecule has 2 fully saturated rings. The van der Waals surface area contributed by atoms with Crippen LogP contribution in [-0.4, -0.2) is 68.2 Å². The number of para-hydroxylation sites is 1. The first-order chi connectivity index (χ1) is 14.2. The number of carbonyl (C=O) groups excluding carboxylic acids is 1. The highest BCUT2D eigenvalue weighted by Crippen LogP contribution is 2.22. The Hall–Kier alpha value is -2.37. The van der Waals surface area contributed by atoms with Gasteiger partial charge in [0.15, 0.2) is 0 Å². The first-order valence-corrected chi connectivity index (χ1v) is 10.7. The molecule has 0 radical (unpaired) electrons. The number of piperidine rings is 1. The third kappa shape index (κ3) is 4.98. The van der Waals surface area contributed by atoms with Crippen LogP contribution in [0.5, 0.6) is 0 Å². The number of piperazine rings is 1. The zero-order chi connectivity index (χ0) is 20.1. The summed E-state index contributed by atoms with van der Waals surface area (Å²) in [5.41, 5.74) is 3.21. The van der Waals surface area contributed by atoms with Gasteiger partial charge in [-0.15, -0.1) is 0 Å². The average Bonchev–Trinajstić information content (AvgIpc) is 2.80. The second kappa shape index (κ2) is 9.42. The van der Waals surface area contributed by atoms with E-state index in [1.807, 2.05) is 12.1 Å². The summed E-state index contributed by atoms with van der Waals surface area (Å²) in [4.78, 5) is 19.4. The standard InChI is InChI=1S/C24H31N3O2/c1-29-24(28)21-11-9-20(10-12-21)18-25-13-5-8-23(19-25)27-16-14-26(15-17-27)22-6-3-2-4-7-22/h2-4,6-7,9-12,23H,5,8,13-19H2,1H3/t23-/m1/s1. The smallest absolute Gasteiger partial charge is 0.337 e. The number of likely N-dealkylation sites (tertiary alicyclic amines) is 1. The van der Waals surface area contributed by atoms with E-state index in [2.05, 4.69) is 57.2 Å². The Kier molecular flexibility index (Phi) is 6.47. The number of carbonyl (C=O) groups is 1. The van der Waals surface area contributed by atoms with Crippen molar-refractivity contribution in [1.82, 2.24) is 9.80 Å². The molecule has 2 aromatic rings. The van der Waals surface area contributed by atoms with Gasteiger partial charge in [-0.25, -0.2) is 4.79 Å². The molecule has 0 aliphatic carbocycles. The molecule has 154 valence electrons. The SMILES string of the molecule is COC(=O)c1ccc(CN2CCC[C@@H](N3CCN(c4ccccc4)CC3)C2)cc1. The average molecular weight is 394 g/mol. The lowest BCUT2D eigenvalue weighted by molar-refractivity contribution is 0.0600. The number of benzene rings is 2. The molecule has 0 saturated carbocycles. The van der Waals surface area contributed by atoms with E-state index >= 15 is 0 Å². The molecule has 0 aromatic heterocycles. The van der Waals surface area contributed by atoms with Crippen molar-refractivity contribution in [3.05, 3.63) is 65.7 Å². The zero-order valence-corrected chi connectivity index (χ0v) is 17.3. The van der Waals surface area contributed by atoms with E-state index in [-0.39, 0.29) is 5.97 Å². The first kappa shape index (κ1) is 19.9. The second-order valence-electron chi connectivity index (χ2n) is 8.08. The maximum absolute atomic E-state index is 11.6. The molecule has 2 aliphatic heterocycles. The van der Waals surface area contributed by atoms with Crippen LogP contribution in [0.2, 0.25) is 0 Å². The molecule has 0 bridgehead atoms. The summed E-state index contributed by atoms with van der Waals surface area (Å²) in [5.74, 6) is -0.274. The number of hydrogen-bond acceptors (Lipinski definition) is 5. The van der Waals surface area contributed by atoms with Gasteiger partial charge in [0.2, 0.25) is 0 Å². The van der Waals surface area contributed by atoms with E-state index < -0.39 is 0 Å². The maximum Gasteiger partial charge on any atom is 0.337 e. The van der Waals surface area contributed by atoms with Crippen LogP contribution < -0.4 is 4.90 Å². The van der Waals surface area contributed by atoms with Crippen LogP contribution in [0.3, 0.4) is 0 Å². The Labute approximate surface area is 173 Å². The highest BCUT2D eigenvalue weighted by atomic mass is 16.5. The molecule has 0 unspecified atom stereocenters. The van der Waals surface area contributed by atoms with Crippen LogP contribution in [0.4, 0.5) is 5.69 Å². The third-order valence-electron chi connectivity index (χ3n) is 6.21. The van der Waals surface area contributed by atoms with Gasteiger partial charge in [0.1, 0.15) is 0 Å². The summed E-state index contributed by atoms with van der Waals surface area (Å²) in [5, 5.41) is 0. The Balaban J connectivity index is 1.29. The fraction of sp³-hybridized carbons (Fsp3) is 0.458.